The maximum atomic E-state index is 13.0. The average molecular weight is 389 g/mol. The van der Waals surface area contributed by atoms with E-state index in [1.165, 1.54) is 42.0 Å². The second-order valence-electron chi connectivity index (χ2n) is 7.36. The van der Waals surface area contributed by atoms with Crippen LogP contribution in [0, 0.1) is 34.9 Å². The van der Waals surface area contributed by atoms with E-state index < -0.39 is 23.9 Å². The number of amides is 2. The molecule has 6 heteroatoms. The van der Waals surface area contributed by atoms with E-state index in [1.54, 1.807) is 0 Å². The smallest absolute Gasteiger partial charge is 0.323 e. The van der Waals surface area contributed by atoms with Gasteiger partial charge in [-0.1, -0.05) is 24.0 Å². The Bertz CT molecular complexity index is 998. The van der Waals surface area contributed by atoms with Gasteiger partial charge in [0.15, 0.2) is 0 Å². The fraction of sp³-hybridized carbons (Fsp3) is 0.304. The molecule has 1 heterocycles. The van der Waals surface area contributed by atoms with Gasteiger partial charge in [0.2, 0.25) is 0 Å². The highest BCUT2D eigenvalue weighted by Gasteiger charge is 2.51. The number of rotatable bonds is 3. The Morgan fingerprint density at radius 3 is 2.45 bits per heavy atom. The van der Waals surface area contributed by atoms with Gasteiger partial charge < -0.3 is 15.3 Å². The Balaban J connectivity index is 1.49. The number of carbonyl (C=O) groups is 1. The first-order valence-electron chi connectivity index (χ1n) is 9.57. The number of likely N-dealkylation sites (tertiary alicyclic amines) is 1. The van der Waals surface area contributed by atoms with Crippen molar-refractivity contribution >= 4 is 11.7 Å². The molecular weight excluding hydrogens is 369 g/mol. The van der Waals surface area contributed by atoms with Gasteiger partial charge in [-0.2, -0.15) is 5.26 Å². The van der Waals surface area contributed by atoms with E-state index in [4.69, 9.17) is 0 Å². The Labute approximate surface area is 168 Å². The first-order valence-corrected chi connectivity index (χ1v) is 9.57. The molecule has 29 heavy (non-hydrogen) atoms. The first kappa shape index (κ1) is 19.0. The van der Waals surface area contributed by atoms with Gasteiger partial charge in [-0.05, 0) is 54.8 Å². The van der Waals surface area contributed by atoms with Crippen LogP contribution < -0.4 is 5.32 Å². The van der Waals surface area contributed by atoms with Crippen LogP contribution in [0.4, 0.5) is 14.9 Å². The van der Waals surface area contributed by atoms with Crippen molar-refractivity contribution < 1.29 is 14.3 Å². The standard InChI is InChI=1S/C23H20FN3O2/c24-18-9-11-19(12-10-18)26-23(29)27-20(13-25)22(21(27)14-28)17-7-5-16(6-8-17)4-3-15-1-2-15/h5-12,15,20-22,28H,1-2,14H2,(H,26,29)/t20-,21+,22+/m0/s1. The zero-order valence-electron chi connectivity index (χ0n) is 15.7. The number of hydrogen-bond donors (Lipinski definition) is 2. The molecule has 1 aliphatic heterocycles. The molecule has 3 atom stereocenters. The van der Waals surface area contributed by atoms with Crippen LogP contribution in [-0.2, 0) is 0 Å². The predicted molar refractivity (Wildman–Crippen MR) is 106 cm³/mol. The lowest BCUT2D eigenvalue weighted by molar-refractivity contribution is 0.0224. The molecular formula is C23H20FN3O2. The molecule has 2 fully saturated rings. The third kappa shape index (κ3) is 3.94. The molecule has 2 aliphatic rings. The van der Waals surface area contributed by atoms with Gasteiger partial charge in [-0.25, -0.2) is 9.18 Å². The van der Waals surface area contributed by atoms with Gasteiger partial charge in [-0.15, -0.1) is 0 Å². The molecule has 2 N–H and O–H groups in total. The number of anilines is 1. The number of carbonyl (C=O) groups excluding carboxylic acids is 1. The SMILES string of the molecule is N#C[C@H]1[C@@H](c2ccc(C#CC3CC3)cc2)[C@@H](CO)N1C(=O)Nc1ccc(F)cc1. The van der Waals surface area contributed by atoms with Gasteiger partial charge in [-0.3, -0.25) is 0 Å². The monoisotopic (exact) mass is 389 g/mol. The van der Waals surface area contributed by atoms with Crippen LogP contribution >= 0.6 is 0 Å². The second-order valence-corrected chi connectivity index (χ2v) is 7.36. The van der Waals surface area contributed by atoms with Crippen LogP contribution in [0.1, 0.15) is 29.9 Å². The van der Waals surface area contributed by atoms with Crippen molar-refractivity contribution in [2.75, 3.05) is 11.9 Å². The lowest BCUT2D eigenvalue weighted by Crippen LogP contribution is -2.66. The van der Waals surface area contributed by atoms with Crippen molar-refractivity contribution in [1.82, 2.24) is 4.90 Å². The van der Waals surface area contributed by atoms with Crippen molar-refractivity contribution in [3.8, 4) is 17.9 Å². The number of aliphatic hydroxyl groups is 1. The third-order valence-corrected chi connectivity index (χ3v) is 5.35. The van der Waals surface area contributed by atoms with E-state index in [2.05, 4.69) is 23.2 Å². The molecule has 5 nitrogen and oxygen atoms in total. The summed E-state index contributed by atoms with van der Waals surface area (Å²) in [4.78, 5) is 14.0. The van der Waals surface area contributed by atoms with Crippen molar-refractivity contribution in [3.05, 3.63) is 65.5 Å². The molecule has 0 radical (unpaired) electrons. The van der Waals surface area contributed by atoms with Crippen LogP contribution in [0.5, 0.6) is 0 Å². The van der Waals surface area contributed by atoms with Gasteiger partial charge >= 0.3 is 6.03 Å². The minimum atomic E-state index is -0.698. The summed E-state index contributed by atoms with van der Waals surface area (Å²) in [6, 6.07) is 13.5. The fourth-order valence-electron chi connectivity index (χ4n) is 3.61. The van der Waals surface area contributed by atoms with E-state index in [-0.39, 0.29) is 12.5 Å². The largest absolute Gasteiger partial charge is 0.394 e. The Morgan fingerprint density at radius 1 is 1.17 bits per heavy atom. The number of halogens is 1. The van der Waals surface area contributed by atoms with Crippen molar-refractivity contribution in [1.29, 1.82) is 5.26 Å². The lowest BCUT2D eigenvalue weighted by atomic mass is 9.76. The summed E-state index contributed by atoms with van der Waals surface area (Å²) in [5.74, 6) is 6.20. The fourth-order valence-corrected chi connectivity index (χ4v) is 3.61. The Kier molecular flexibility index (Phi) is 5.20. The summed E-state index contributed by atoms with van der Waals surface area (Å²) in [6.45, 7) is -0.261. The number of urea groups is 1. The van der Waals surface area contributed by atoms with Gasteiger partial charge in [0.1, 0.15) is 11.9 Å². The molecule has 2 aromatic rings. The maximum Gasteiger partial charge on any atom is 0.323 e. The predicted octanol–water partition coefficient (Wildman–Crippen LogP) is 3.47. The molecule has 0 aromatic heterocycles. The number of nitrogens with zero attached hydrogens (tertiary/aromatic N) is 2. The van der Waals surface area contributed by atoms with Gasteiger partial charge in [0.25, 0.3) is 0 Å². The zero-order chi connectivity index (χ0) is 20.4. The van der Waals surface area contributed by atoms with Crippen molar-refractivity contribution in [3.63, 3.8) is 0 Å². The highest BCUT2D eigenvalue weighted by Crippen LogP contribution is 2.40. The van der Waals surface area contributed by atoms with Crippen LogP contribution in [0.2, 0.25) is 0 Å². The summed E-state index contributed by atoms with van der Waals surface area (Å²) in [6.07, 6.45) is 2.34. The summed E-state index contributed by atoms with van der Waals surface area (Å²) < 4.78 is 13.0. The van der Waals surface area contributed by atoms with E-state index >= 15 is 0 Å². The number of nitrogens with one attached hydrogen (secondary N) is 1. The zero-order valence-corrected chi connectivity index (χ0v) is 15.7. The van der Waals surface area contributed by atoms with Crippen molar-refractivity contribution in [2.45, 2.75) is 30.8 Å². The van der Waals surface area contributed by atoms with E-state index in [0.29, 0.717) is 11.6 Å². The Morgan fingerprint density at radius 2 is 1.86 bits per heavy atom. The molecule has 0 bridgehead atoms. The summed E-state index contributed by atoms with van der Waals surface area (Å²) >= 11 is 0. The van der Waals surface area contributed by atoms with E-state index in [1.807, 2.05) is 24.3 Å². The molecule has 146 valence electrons. The summed E-state index contributed by atoms with van der Waals surface area (Å²) in [7, 11) is 0. The number of nitriles is 1. The number of hydrogen-bond acceptors (Lipinski definition) is 3. The topological polar surface area (TPSA) is 76.4 Å². The molecule has 2 aromatic carbocycles. The molecule has 0 spiro atoms. The highest BCUT2D eigenvalue weighted by atomic mass is 19.1. The Hall–Kier alpha value is -3.35. The number of aliphatic hydroxyl groups excluding tert-OH is 1. The lowest BCUT2D eigenvalue weighted by Gasteiger charge is -2.51. The summed E-state index contributed by atoms with van der Waals surface area (Å²) in [5, 5.41) is 22.1. The van der Waals surface area contributed by atoms with E-state index in [0.717, 1.165) is 11.1 Å². The highest BCUT2D eigenvalue weighted by molar-refractivity contribution is 5.91. The quantitative estimate of drug-likeness (QED) is 0.790. The van der Waals surface area contributed by atoms with Crippen molar-refractivity contribution in [2.24, 2.45) is 5.92 Å². The average Bonchev–Trinajstić information content (AvgIpc) is 3.53. The molecule has 1 aliphatic carbocycles. The molecule has 4 rings (SSSR count). The normalized spacial score (nSPS) is 22.7. The number of benzene rings is 2. The van der Waals surface area contributed by atoms with E-state index in [9.17, 15) is 19.6 Å². The summed E-state index contributed by atoms with van der Waals surface area (Å²) in [5.41, 5.74) is 2.23. The first-order chi connectivity index (χ1) is 14.1. The third-order valence-electron chi connectivity index (χ3n) is 5.35. The second kappa shape index (κ2) is 7.95. The molecule has 1 saturated heterocycles. The molecule has 0 unspecified atom stereocenters. The van der Waals surface area contributed by atoms with Gasteiger partial charge in [0.05, 0.1) is 18.7 Å². The van der Waals surface area contributed by atoms with Gasteiger partial charge in [0, 0.05) is 23.1 Å². The molecule has 2 amide bonds. The maximum absolute atomic E-state index is 13.0. The van der Waals surface area contributed by atoms with Crippen LogP contribution in [0.25, 0.3) is 0 Å². The van der Waals surface area contributed by atoms with Crippen LogP contribution in [0.15, 0.2) is 48.5 Å². The minimum absolute atomic E-state index is 0.261. The van der Waals surface area contributed by atoms with Crippen LogP contribution in [0.3, 0.4) is 0 Å². The molecule has 1 saturated carbocycles. The minimum Gasteiger partial charge on any atom is -0.394 e. The van der Waals surface area contributed by atoms with Crippen LogP contribution in [-0.4, -0.2) is 34.7 Å².